The molecule has 0 saturated carbocycles. The number of nitrogens with one attached hydrogen (secondary N) is 1. The number of aryl methyl sites for hydroxylation is 1. The first kappa shape index (κ1) is 17.7. The van der Waals surface area contributed by atoms with Crippen molar-refractivity contribution in [1.82, 2.24) is 9.97 Å². The Labute approximate surface area is 163 Å². The van der Waals surface area contributed by atoms with E-state index >= 15 is 0 Å². The number of nitrogens with zero attached hydrogens (tertiary/aromatic N) is 4. The van der Waals surface area contributed by atoms with Gasteiger partial charge in [-0.05, 0) is 37.3 Å². The zero-order valence-electron chi connectivity index (χ0n) is 15.2. The molecule has 0 spiro atoms. The highest BCUT2D eigenvalue weighted by molar-refractivity contribution is 6.30. The molecule has 7 heteroatoms. The molecule has 3 heterocycles. The van der Waals surface area contributed by atoms with E-state index < -0.39 is 0 Å². The van der Waals surface area contributed by atoms with E-state index in [-0.39, 0.29) is 0 Å². The third-order valence-corrected chi connectivity index (χ3v) is 4.86. The Hall–Kier alpha value is -2.73. The molecule has 0 atom stereocenters. The Morgan fingerprint density at radius 1 is 1.04 bits per heavy atom. The van der Waals surface area contributed by atoms with E-state index in [0.29, 0.717) is 6.54 Å². The number of anilines is 3. The van der Waals surface area contributed by atoms with Crippen LogP contribution in [-0.2, 0) is 6.54 Å². The summed E-state index contributed by atoms with van der Waals surface area (Å²) in [5, 5.41) is 4.08. The molecule has 1 fully saturated rings. The summed E-state index contributed by atoms with van der Waals surface area (Å²) in [4.78, 5) is 13.8. The highest BCUT2D eigenvalue weighted by atomic mass is 35.5. The van der Waals surface area contributed by atoms with Crippen LogP contribution < -0.4 is 15.1 Å². The lowest BCUT2D eigenvalue weighted by atomic mass is 10.2. The van der Waals surface area contributed by atoms with Crippen molar-refractivity contribution >= 4 is 28.9 Å². The molecule has 2 aromatic heterocycles. The second-order valence-electron chi connectivity index (χ2n) is 6.55. The van der Waals surface area contributed by atoms with Gasteiger partial charge >= 0.3 is 0 Å². The molecule has 0 bridgehead atoms. The molecule has 6 nitrogen and oxygen atoms in total. The topological polar surface area (TPSA) is 57.4 Å². The molecule has 0 unspecified atom stereocenters. The maximum atomic E-state index is 6.12. The van der Waals surface area contributed by atoms with Crippen LogP contribution in [0.15, 0.2) is 53.1 Å². The van der Waals surface area contributed by atoms with Crippen molar-refractivity contribution in [3.63, 3.8) is 0 Å². The summed E-state index contributed by atoms with van der Waals surface area (Å²) >= 11 is 6.12. The minimum Gasteiger partial charge on any atom is -0.467 e. The van der Waals surface area contributed by atoms with Crippen molar-refractivity contribution in [2.45, 2.75) is 13.5 Å². The molecule has 27 heavy (non-hydrogen) atoms. The summed E-state index contributed by atoms with van der Waals surface area (Å²) in [6.07, 6.45) is 1.67. The van der Waals surface area contributed by atoms with E-state index in [1.807, 2.05) is 43.3 Å². The van der Waals surface area contributed by atoms with Gasteiger partial charge in [-0.1, -0.05) is 17.7 Å². The summed E-state index contributed by atoms with van der Waals surface area (Å²) in [6.45, 7) is 6.19. The third-order valence-electron chi connectivity index (χ3n) is 4.63. The average Bonchev–Trinajstić information content (AvgIpc) is 3.20. The highest BCUT2D eigenvalue weighted by Crippen LogP contribution is 2.23. The third kappa shape index (κ3) is 4.34. The fraction of sp³-hybridized carbons (Fsp3) is 0.300. The largest absolute Gasteiger partial charge is 0.467 e. The summed E-state index contributed by atoms with van der Waals surface area (Å²) in [5.41, 5.74) is 1.17. The van der Waals surface area contributed by atoms with Crippen molar-refractivity contribution in [1.29, 1.82) is 0 Å². The second-order valence-corrected chi connectivity index (χ2v) is 6.98. The van der Waals surface area contributed by atoms with Gasteiger partial charge in [-0.2, -0.15) is 0 Å². The van der Waals surface area contributed by atoms with Crippen molar-refractivity contribution < 1.29 is 4.42 Å². The fourth-order valence-corrected chi connectivity index (χ4v) is 3.45. The van der Waals surface area contributed by atoms with E-state index in [1.165, 1.54) is 5.69 Å². The Bertz CT molecular complexity index is 891. The zero-order chi connectivity index (χ0) is 18.6. The van der Waals surface area contributed by atoms with Gasteiger partial charge in [0.25, 0.3) is 0 Å². The molecule has 1 saturated heterocycles. The number of hydrogen-bond acceptors (Lipinski definition) is 6. The summed E-state index contributed by atoms with van der Waals surface area (Å²) in [6, 6.07) is 13.8. The molecule has 1 aromatic carbocycles. The number of benzene rings is 1. The molecular weight excluding hydrogens is 362 g/mol. The number of aromatic nitrogens is 2. The van der Waals surface area contributed by atoms with Gasteiger partial charge in [0.05, 0.1) is 12.8 Å². The van der Waals surface area contributed by atoms with Gasteiger partial charge in [0.1, 0.15) is 23.2 Å². The van der Waals surface area contributed by atoms with Crippen LogP contribution in [-0.4, -0.2) is 36.1 Å². The fourth-order valence-electron chi connectivity index (χ4n) is 3.26. The first-order valence-electron chi connectivity index (χ1n) is 9.05. The summed E-state index contributed by atoms with van der Waals surface area (Å²) in [7, 11) is 0. The van der Waals surface area contributed by atoms with Gasteiger partial charge in [-0.25, -0.2) is 9.97 Å². The lowest BCUT2D eigenvalue weighted by Crippen LogP contribution is -2.46. The van der Waals surface area contributed by atoms with Crippen molar-refractivity contribution in [3.8, 4) is 0 Å². The van der Waals surface area contributed by atoms with Gasteiger partial charge in [-0.3, -0.25) is 0 Å². The van der Waals surface area contributed by atoms with Crippen LogP contribution in [0.25, 0.3) is 0 Å². The van der Waals surface area contributed by atoms with Crippen LogP contribution in [0.5, 0.6) is 0 Å². The molecule has 140 valence electrons. The van der Waals surface area contributed by atoms with E-state index in [1.54, 1.807) is 6.26 Å². The van der Waals surface area contributed by atoms with Crippen molar-refractivity contribution in [2.24, 2.45) is 0 Å². The zero-order valence-corrected chi connectivity index (χ0v) is 16.0. The smallest absolute Gasteiger partial charge is 0.134 e. The first-order valence-corrected chi connectivity index (χ1v) is 9.42. The van der Waals surface area contributed by atoms with E-state index in [2.05, 4.69) is 31.2 Å². The molecule has 3 aromatic rings. The van der Waals surface area contributed by atoms with Gasteiger partial charge in [0.15, 0.2) is 0 Å². The Kier molecular flexibility index (Phi) is 5.16. The van der Waals surface area contributed by atoms with E-state index in [4.69, 9.17) is 16.0 Å². The Morgan fingerprint density at radius 2 is 1.85 bits per heavy atom. The summed E-state index contributed by atoms with van der Waals surface area (Å²) in [5.74, 6) is 3.40. The number of furan rings is 1. The maximum absolute atomic E-state index is 6.12. The lowest BCUT2D eigenvalue weighted by Gasteiger charge is -2.37. The number of rotatable bonds is 5. The first-order chi connectivity index (χ1) is 13.2. The minimum atomic E-state index is 0.603. The molecule has 1 N–H and O–H groups in total. The van der Waals surface area contributed by atoms with Gasteiger partial charge in [0.2, 0.25) is 0 Å². The van der Waals surface area contributed by atoms with Crippen LogP contribution in [0.4, 0.5) is 17.3 Å². The van der Waals surface area contributed by atoms with E-state index in [0.717, 1.165) is 54.4 Å². The van der Waals surface area contributed by atoms with Crippen LogP contribution in [0.1, 0.15) is 11.6 Å². The van der Waals surface area contributed by atoms with Crippen LogP contribution in [0.2, 0.25) is 5.02 Å². The quantitative estimate of drug-likeness (QED) is 0.719. The van der Waals surface area contributed by atoms with Crippen LogP contribution >= 0.6 is 11.6 Å². The second kappa shape index (κ2) is 7.88. The number of piperazine rings is 1. The van der Waals surface area contributed by atoms with Crippen molar-refractivity contribution in [2.75, 3.05) is 41.3 Å². The molecule has 0 radical (unpaired) electrons. The molecule has 0 amide bonds. The lowest BCUT2D eigenvalue weighted by molar-refractivity contribution is 0.517. The maximum Gasteiger partial charge on any atom is 0.134 e. The minimum absolute atomic E-state index is 0.603. The molecular formula is C20H22ClN5O. The predicted octanol–water partition coefficient (Wildman–Crippen LogP) is 3.97. The Balaban J connectivity index is 1.41. The number of hydrogen-bond donors (Lipinski definition) is 1. The molecule has 4 rings (SSSR count). The Morgan fingerprint density at radius 3 is 2.59 bits per heavy atom. The molecule has 1 aliphatic heterocycles. The van der Waals surface area contributed by atoms with Crippen LogP contribution in [0.3, 0.4) is 0 Å². The number of halogens is 1. The van der Waals surface area contributed by atoms with Crippen LogP contribution in [0, 0.1) is 6.92 Å². The predicted molar refractivity (Wildman–Crippen MR) is 109 cm³/mol. The van der Waals surface area contributed by atoms with Gasteiger partial charge in [-0.15, -0.1) is 0 Å². The van der Waals surface area contributed by atoms with E-state index in [9.17, 15) is 0 Å². The standard InChI is InChI=1S/C20H22ClN5O/c1-15-23-19(22-14-18-6-3-11-27-18)13-20(24-15)26-9-7-25(8-10-26)17-5-2-4-16(21)12-17/h2-6,11-13H,7-10,14H2,1H3,(H,22,23,24). The SMILES string of the molecule is Cc1nc(NCc2ccco2)cc(N2CCN(c3cccc(Cl)c3)CC2)n1. The normalized spacial score (nSPS) is 14.4. The van der Waals surface area contributed by atoms with Gasteiger partial charge in [0, 0.05) is 43.0 Å². The summed E-state index contributed by atoms with van der Waals surface area (Å²) < 4.78 is 5.36. The monoisotopic (exact) mass is 383 g/mol. The molecule has 1 aliphatic rings. The average molecular weight is 384 g/mol. The highest BCUT2D eigenvalue weighted by Gasteiger charge is 2.19. The van der Waals surface area contributed by atoms with Crippen molar-refractivity contribution in [3.05, 3.63) is 65.3 Å². The molecule has 0 aliphatic carbocycles. The van der Waals surface area contributed by atoms with Gasteiger partial charge < -0.3 is 19.5 Å².